The summed E-state index contributed by atoms with van der Waals surface area (Å²) in [5.41, 5.74) is 1.65. The fraction of sp³-hybridized carbons (Fsp3) is 0.357. The van der Waals surface area contributed by atoms with Crippen molar-refractivity contribution in [3.8, 4) is 0 Å². The van der Waals surface area contributed by atoms with Crippen LogP contribution in [0, 0.1) is 11.8 Å². The minimum absolute atomic E-state index is 0.257. The molecule has 2 rings (SSSR count). The second-order valence-electron chi connectivity index (χ2n) is 4.77. The van der Waals surface area contributed by atoms with Gasteiger partial charge in [-0.1, -0.05) is 11.6 Å². The van der Waals surface area contributed by atoms with E-state index in [4.69, 9.17) is 0 Å². The lowest BCUT2D eigenvalue weighted by Crippen LogP contribution is -2.35. The predicted octanol–water partition coefficient (Wildman–Crippen LogP) is 2.08. The van der Waals surface area contributed by atoms with Crippen molar-refractivity contribution in [3.63, 3.8) is 0 Å². The Hall–Kier alpha value is -2.17. The van der Waals surface area contributed by atoms with E-state index in [-0.39, 0.29) is 5.91 Å². The van der Waals surface area contributed by atoms with E-state index in [0.717, 1.165) is 5.57 Å². The quantitative estimate of drug-likeness (QED) is 0.815. The van der Waals surface area contributed by atoms with Gasteiger partial charge in [-0.05, 0) is 31.9 Å². The number of amides is 1. The third-order valence-corrected chi connectivity index (χ3v) is 3.33. The highest BCUT2D eigenvalue weighted by Crippen LogP contribution is 2.30. The first-order valence-corrected chi connectivity index (χ1v) is 6.17. The summed E-state index contributed by atoms with van der Waals surface area (Å²) in [5.74, 6) is -2.36. The molecule has 1 aliphatic rings. The van der Waals surface area contributed by atoms with Crippen molar-refractivity contribution in [1.29, 1.82) is 0 Å². The molecule has 5 nitrogen and oxygen atoms in total. The molecule has 19 heavy (non-hydrogen) atoms. The van der Waals surface area contributed by atoms with Gasteiger partial charge in [-0.25, -0.2) is 0 Å². The van der Waals surface area contributed by atoms with Crippen LogP contribution in [0.4, 0.5) is 5.69 Å². The zero-order valence-corrected chi connectivity index (χ0v) is 10.7. The van der Waals surface area contributed by atoms with Crippen molar-refractivity contribution < 1.29 is 14.7 Å². The van der Waals surface area contributed by atoms with E-state index < -0.39 is 17.8 Å². The average Bonchev–Trinajstić information content (AvgIpc) is 2.39. The fourth-order valence-corrected chi connectivity index (χ4v) is 2.28. The number of aromatic nitrogens is 1. The third-order valence-electron chi connectivity index (χ3n) is 3.33. The van der Waals surface area contributed by atoms with Gasteiger partial charge >= 0.3 is 5.97 Å². The molecule has 0 saturated heterocycles. The Morgan fingerprint density at radius 1 is 1.42 bits per heavy atom. The summed E-state index contributed by atoms with van der Waals surface area (Å²) < 4.78 is 0. The summed E-state index contributed by atoms with van der Waals surface area (Å²) in [6, 6.07) is 3.45. The molecule has 1 aliphatic carbocycles. The molecule has 0 fully saturated rings. The summed E-state index contributed by atoms with van der Waals surface area (Å²) in [4.78, 5) is 27.3. The van der Waals surface area contributed by atoms with E-state index >= 15 is 0 Å². The highest BCUT2D eigenvalue weighted by Gasteiger charge is 2.35. The van der Waals surface area contributed by atoms with Gasteiger partial charge < -0.3 is 10.4 Å². The monoisotopic (exact) mass is 260 g/mol. The van der Waals surface area contributed by atoms with Crippen LogP contribution in [0.1, 0.15) is 19.8 Å². The maximum absolute atomic E-state index is 12.2. The molecule has 1 aromatic heterocycles. The lowest BCUT2D eigenvalue weighted by molar-refractivity contribution is -0.146. The van der Waals surface area contributed by atoms with Crippen LogP contribution in [-0.4, -0.2) is 22.0 Å². The summed E-state index contributed by atoms with van der Waals surface area (Å²) in [7, 11) is 0. The molecular formula is C14H16N2O3. The Balaban J connectivity index is 2.12. The van der Waals surface area contributed by atoms with Crippen LogP contribution in [0.5, 0.6) is 0 Å². The molecule has 0 saturated carbocycles. The van der Waals surface area contributed by atoms with E-state index in [1.165, 1.54) is 0 Å². The van der Waals surface area contributed by atoms with E-state index in [9.17, 15) is 14.7 Å². The number of nitrogens with one attached hydrogen (secondary N) is 1. The zero-order chi connectivity index (χ0) is 13.8. The van der Waals surface area contributed by atoms with Gasteiger partial charge in [0.15, 0.2) is 0 Å². The summed E-state index contributed by atoms with van der Waals surface area (Å²) >= 11 is 0. The number of allylic oxidation sites excluding steroid dienone is 2. The van der Waals surface area contributed by atoms with Gasteiger partial charge in [0.05, 0.1) is 23.7 Å². The van der Waals surface area contributed by atoms with Crippen LogP contribution >= 0.6 is 0 Å². The Morgan fingerprint density at radius 3 is 2.84 bits per heavy atom. The average molecular weight is 260 g/mol. The Labute approximate surface area is 111 Å². The lowest BCUT2D eigenvalue weighted by Gasteiger charge is -2.26. The summed E-state index contributed by atoms with van der Waals surface area (Å²) in [5, 5.41) is 11.9. The predicted molar refractivity (Wildman–Crippen MR) is 70.5 cm³/mol. The van der Waals surface area contributed by atoms with Crippen LogP contribution in [-0.2, 0) is 9.59 Å². The molecule has 2 atom stereocenters. The number of carbonyl (C=O) groups excluding carboxylic acids is 1. The van der Waals surface area contributed by atoms with Crippen molar-refractivity contribution in [3.05, 3.63) is 36.2 Å². The van der Waals surface area contributed by atoms with Gasteiger partial charge in [-0.3, -0.25) is 14.6 Å². The fourth-order valence-electron chi connectivity index (χ4n) is 2.28. The molecule has 0 radical (unpaired) electrons. The summed E-state index contributed by atoms with van der Waals surface area (Å²) in [6.45, 7) is 1.92. The Morgan fingerprint density at radius 2 is 2.21 bits per heavy atom. The number of carbonyl (C=O) groups is 2. The first kappa shape index (κ1) is 13.3. The van der Waals surface area contributed by atoms with Gasteiger partial charge in [0.1, 0.15) is 0 Å². The molecular weight excluding hydrogens is 244 g/mol. The minimum Gasteiger partial charge on any atom is -0.481 e. The van der Waals surface area contributed by atoms with E-state index in [2.05, 4.69) is 10.3 Å². The highest BCUT2D eigenvalue weighted by atomic mass is 16.4. The van der Waals surface area contributed by atoms with E-state index in [0.29, 0.717) is 18.5 Å². The van der Waals surface area contributed by atoms with Gasteiger partial charge in [0.25, 0.3) is 0 Å². The number of anilines is 1. The van der Waals surface area contributed by atoms with Crippen LogP contribution in [0.15, 0.2) is 36.2 Å². The van der Waals surface area contributed by atoms with Gasteiger partial charge in [-0.15, -0.1) is 0 Å². The largest absolute Gasteiger partial charge is 0.481 e. The molecule has 1 heterocycles. The number of pyridine rings is 1. The molecule has 0 bridgehead atoms. The Kier molecular flexibility index (Phi) is 3.94. The molecule has 2 N–H and O–H groups in total. The maximum atomic E-state index is 12.2. The first-order chi connectivity index (χ1) is 9.08. The number of nitrogens with zero attached hydrogens (tertiary/aromatic N) is 1. The summed E-state index contributed by atoms with van der Waals surface area (Å²) in [6.07, 6.45) is 5.95. The van der Waals surface area contributed by atoms with Crippen molar-refractivity contribution in [1.82, 2.24) is 4.98 Å². The third kappa shape index (κ3) is 3.19. The first-order valence-electron chi connectivity index (χ1n) is 6.17. The second-order valence-corrected chi connectivity index (χ2v) is 4.77. The Bertz CT molecular complexity index is 511. The van der Waals surface area contributed by atoms with E-state index in [1.807, 2.05) is 13.0 Å². The van der Waals surface area contributed by atoms with Gasteiger partial charge in [-0.2, -0.15) is 0 Å². The van der Waals surface area contributed by atoms with Crippen LogP contribution < -0.4 is 5.32 Å². The number of carboxylic acid groups (broad SMARTS) is 1. The number of aliphatic carboxylic acids is 1. The molecule has 1 amide bonds. The molecule has 5 heteroatoms. The minimum atomic E-state index is -0.921. The molecule has 0 aliphatic heterocycles. The van der Waals surface area contributed by atoms with Crippen LogP contribution in [0.25, 0.3) is 0 Å². The molecule has 1 aromatic rings. The van der Waals surface area contributed by atoms with Crippen LogP contribution in [0.3, 0.4) is 0 Å². The number of carboxylic acids is 1. The van der Waals surface area contributed by atoms with Crippen molar-refractivity contribution in [2.45, 2.75) is 19.8 Å². The standard InChI is InChI=1S/C14H16N2O3/c1-9-4-5-11(14(18)19)12(7-9)13(17)16-10-3-2-6-15-8-10/h2-4,6,8,11-12H,5,7H2,1H3,(H,16,17)(H,18,19)/t11-,12-/m0/s1. The topological polar surface area (TPSA) is 79.3 Å². The maximum Gasteiger partial charge on any atom is 0.307 e. The molecule has 0 aromatic carbocycles. The number of hydrogen-bond donors (Lipinski definition) is 2. The normalized spacial score (nSPS) is 22.5. The SMILES string of the molecule is CC1=CC[C@H](C(=O)O)[C@@H](C(=O)Nc2cccnc2)C1. The van der Waals surface area contributed by atoms with Crippen molar-refractivity contribution in [2.24, 2.45) is 11.8 Å². The smallest absolute Gasteiger partial charge is 0.307 e. The molecule has 100 valence electrons. The lowest BCUT2D eigenvalue weighted by atomic mass is 9.79. The van der Waals surface area contributed by atoms with Gasteiger partial charge in [0, 0.05) is 6.20 Å². The molecule has 0 spiro atoms. The highest BCUT2D eigenvalue weighted by molar-refractivity contribution is 5.95. The van der Waals surface area contributed by atoms with E-state index in [1.54, 1.807) is 24.5 Å². The number of rotatable bonds is 3. The number of hydrogen-bond acceptors (Lipinski definition) is 3. The van der Waals surface area contributed by atoms with Crippen LogP contribution in [0.2, 0.25) is 0 Å². The second kappa shape index (κ2) is 5.65. The zero-order valence-electron chi connectivity index (χ0n) is 10.7. The van der Waals surface area contributed by atoms with Gasteiger partial charge in [0.2, 0.25) is 5.91 Å². The van der Waals surface area contributed by atoms with Crippen molar-refractivity contribution >= 4 is 17.6 Å². The molecule has 0 unspecified atom stereocenters. The van der Waals surface area contributed by atoms with Crippen molar-refractivity contribution in [2.75, 3.05) is 5.32 Å².